The largest absolute Gasteiger partial charge is 0.366 e. The van der Waals surface area contributed by atoms with Gasteiger partial charge in [0.05, 0.1) is 23.9 Å². The molecule has 1 amide bonds. The first-order valence-electron chi connectivity index (χ1n) is 5.83. The molecule has 5 nitrogen and oxygen atoms in total. The molecule has 1 aromatic heterocycles. The van der Waals surface area contributed by atoms with Crippen LogP contribution >= 0.6 is 36.2 Å². The molecule has 0 saturated carbocycles. The van der Waals surface area contributed by atoms with Gasteiger partial charge in [-0.3, -0.25) is 4.79 Å². The number of aryl methyl sites for hydroxylation is 1. The summed E-state index contributed by atoms with van der Waals surface area (Å²) in [6.45, 7) is 4.55. The molecule has 2 N–H and O–H groups in total. The van der Waals surface area contributed by atoms with Crippen molar-refractivity contribution in [3.63, 3.8) is 0 Å². The van der Waals surface area contributed by atoms with Crippen LogP contribution in [0.15, 0.2) is 5.38 Å². The predicted molar refractivity (Wildman–Crippen MR) is 80.4 cm³/mol. The van der Waals surface area contributed by atoms with Gasteiger partial charge in [-0.25, -0.2) is 4.98 Å². The minimum absolute atomic E-state index is 0. The van der Waals surface area contributed by atoms with Gasteiger partial charge in [-0.15, -0.1) is 36.2 Å². The molecule has 1 unspecified atom stereocenters. The number of rotatable bonds is 4. The van der Waals surface area contributed by atoms with Crippen LogP contribution in [0, 0.1) is 0 Å². The SMILES string of the molecule is CCc1nc(CNC(=O)C2CNCCO2)cs1.Cl.Cl. The fourth-order valence-corrected chi connectivity index (χ4v) is 2.36. The van der Waals surface area contributed by atoms with Gasteiger partial charge in [0.15, 0.2) is 0 Å². The van der Waals surface area contributed by atoms with Crippen LogP contribution < -0.4 is 10.6 Å². The second-order valence-electron chi connectivity index (χ2n) is 3.87. The van der Waals surface area contributed by atoms with E-state index in [0.29, 0.717) is 19.7 Å². The Balaban J connectivity index is 0.00000162. The third-order valence-corrected chi connectivity index (χ3v) is 3.61. The van der Waals surface area contributed by atoms with E-state index in [1.54, 1.807) is 11.3 Å². The summed E-state index contributed by atoms with van der Waals surface area (Å²) in [5.41, 5.74) is 0.920. The van der Waals surface area contributed by atoms with Crippen LogP contribution in [-0.2, 0) is 22.5 Å². The van der Waals surface area contributed by atoms with Gasteiger partial charge in [-0.2, -0.15) is 0 Å². The third-order valence-electron chi connectivity index (χ3n) is 2.57. The predicted octanol–water partition coefficient (Wildman–Crippen LogP) is 1.15. The zero-order chi connectivity index (χ0) is 12.1. The van der Waals surface area contributed by atoms with Crippen molar-refractivity contribution < 1.29 is 9.53 Å². The molecular formula is C11H19Cl2N3O2S. The molecule has 1 fully saturated rings. The smallest absolute Gasteiger partial charge is 0.250 e. The average Bonchev–Trinajstić information content (AvgIpc) is 2.85. The molecule has 110 valence electrons. The van der Waals surface area contributed by atoms with Gasteiger partial charge >= 0.3 is 0 Å². The normalized spacial score (nSPS) is 18.1. The Labute approximate surface area is 129 Å². The van der Waals surface area contributed by atoms with E-state index < -0.39 is 0 Å². The van der Waals surface area contributed by atoms with Crippen LogP contribution in [0.4, 0.5) is 0 Å². The van der Waals surface area contributed by atoms with E-state index in [9.17, 15) is 4.79 Å². The Morgan fingerprint density at radius 3 is 3.00 bits per heavy atom. The number of thiazole rings is 1. The van der Waals surface area contributed by atoms with E-state index in [1.165, 1.54) is 0 Å². The van der Waals surface area contributed by atoms with Gasteiger partial charge in [0, 0.05) is 18.5 Å². The molecule has 0 bridgehead atoms. The maximum Gasteiger partial charge on any atom is 0.250 e. The number of amides is 1. The summed E-state index contributed by atoms with van der Waals surface area (Å²) >= 11 is 1.63. The van der Waals surface area contributed by atoms with Crippen molar-refractivity contribution in [2.45, 2.75) is 26.0 Å². The van der Waals surface area contributed by atoms with Crippen molar-refractivity contribution in [3.05, 3.63) is 16.1 Å². The van der Waals surface area contributed by atoms with Crippen LogP contribution in [0.5, 0.6) is 0 Å². The maximum atomic E-state index is 11.7. The number of carbonyl (C=O) groups is 1. The standard InChI is InChI=1S/C11H17N3O2S.2ClH/c1-2-10-14-8(7-17-10)5-13-11(15)9-6-12-3-4-16-9;;/h7,9,12H,2-6H2,1H3,(H,13,15);2*1H. The topological polar surface area (TPSA) is 63.2 Å². The first kappa shape index (κ1) is 18.6. The van der Waals surface area contributed by atoms with Crippen LogP contribution in [-0.4, -0.2) is 36.7 Å². The summed E-state index contributed by atoms with van der Waals surface area (Å²) in [5, 5.41) is 9.06. The second kappa shape index (κ2) is 9.50. The Kier molecular flexibility index (Phi) is 9.30. The minimum Gasteiger partial charge on any atom is -0.366 e. The number of aromatic nitrogens is 1. The molecule has 0 radical (unpaired) electrons. The summed E-state index contributed by atoms with van der Waals surface area (Å²) in [7, 11) is 0. The molecular weight excluding hydrogens is 309 g/mol. The minimum atomic E-state index is -0.368. The van der Waals surface area contributed by atoms with E-state index in [2.05, 4.69) is 22.5 Å². The van der Waals surface area contributed by atoms with Gasteiger partial charge < -0.3 is 15.4 Å². The van der Waals surface area contributed by atoms with Crippen molar-refractivity contribution in [1.82, 2.24) is 15.6 Å². The lowest BCUT2D eigenvalue weighted by molar-refractivity contribution is -0.134. The van der Waals surface area contributed by atoms with Crippen molar-refractivity contribution in [3.8, 4) is 0 Å². The fraction of sp³-hybridized carbons (Fsp3) is 0.636. The van der Waals surface area contributed by atoms with Gasteiger partial charge in [0.1, 0.15) is 6.10 Å². The lowest BCUT2D eigenvalue weighted by atomic mass is 10.3. The molecule has 8 heteroatoms. The number of nitrogens with one attached hydrogen (secondary N) is 2. The third kappa shape index (κ3) is 5.62. The monoisotopic (exact) mass is 327 g/mol. The van der Waals surface area contributed by atoms with Gasteiger partial charge in [-0.1, -0.05) is 6.92 Å². The number of morpholine rings is 1. The number of hydrogen-bond acceptors (Lipinski definition) is 5. The van der Waals surface area contributed by atoms with Crippen LogP contribution in [0.1, 0.15) is 17.6 Å². The molecule has 0 aliphatic carbocycles. The highest BCUT2D eigenvalue weighted by molar-refractivity contribution is 7.09. The molecule has 1 aromatic rings. The highest BCUT2D eigenvalue weighted by Crippen LogP contribution is 2.09. The Bertz CT molecular complexity index is 384. The van der Waals surface area contributed by atoms with E-state index in [-0.39, 0.29) is 36.8 Å². The van der Waals surface area contributed by atoms with Crippen molar-refractivity contribution in [2.24, 2.45) is 0 Å². The highest BCUT2D eigenvalue weighted by Gasteiger charge is 2.21. The van der Waals surface area contributed by atoms with E-state index >= 15 is 0 Å². The van der Waals surface area contributed by atoms with Gasteiger partial charge in [0.2, 0.25) is 0 Å². The molecule has 0 spiro atoms. The second-order valence-corrected chi connectivity index (χ2v) is 4.81. The Hall–Kier alpha value is -0.400. The lowest BCUT2D eigenvalue weighted by Crippen LogP contribution is -2.47. The summed E-state index contributed by atoms with van der Waals surface area (Å²) in [4.78, 5) is 16.1. The number of halogens is 2. The van der Waals surface area contributed by atoms with Crippen molar-refractivity contribution in [1.29, 1.82) is 0 Å². The maximum absolute atomic E-state index is 11.7. The van der Waals surface area contributed by atoms with E-state index in [1.807, 2.05) is 5.38 Å². The van der Waals surface area contributed by atoms with Crippen molar-refractivity contribution in [2.75, 3.05) is 19.7 Å². The molecule has 0 aromatic carbocycles. The highest BCUT2D eigenvalue weighted by atomic mass is 35.5. The first-order valence-corrected chi connectivity index (χ1v) is 6.71. The summed E-state index contributed by atoms with van der Waals surface area (Å²) in [6.07, 6.45) is 0.571. The molecule has 2 heterocycles. The lowest BCUT2D eigenvalue weighted by Gasteiger charge is -2.22. The summed E-state index contributed by atoms with van der Waals surface area (Å²) in [6, 6.07) is 0. The van der Waals surface area contributed by atoms with Crippen LogP contribution in [0.2, 0.25) is 0 Å². The van der Waals surface area contributed by atoms with Crippen molar-refractivity contribution >= 4 is 42.1 Å². The quantitative estimate of drug-likeness (QED) is 0.870. The average molecular weight is 328 g/mol. The van der Waals surface area contributed by atoms with Crippen LogP contribution in [0.25, 0.3) is 0 Å². The van der Waals surface area contributed by atoms with E-state index in [0.717, 1.165) is 23.7 Å². The summed E-state index contributed by atoms with van der Waals surface area (Å²) < 4.78 is 5.36. The number of ether oxygens (including phenoxy) is 1. The molecule has 1 saturated heterocycles. The summed E-state index contributed by atoms with van der Waals surface area (Å²) in [5.74, 6) is -0.0664. The number of carbonyl (C=O) groups excluding carboxylic acids is 1. The molecule has 2 rings (SSSR count). The molecule has 1 aliphatic rings. The van der Waals surface area contributed by atoms with Gasteiger partial charge in [-0.05, 0) is 6.42 Å². The Morgan fingerprint density at radius 2 is 2.42 bits per heavy atom. The molecule has 19 heavy (non-hydrogen) atoms. The van der Waals surface area contributed by atoms with Crippen LogP contribution in [0.3, 0.4) is 0 Å². The fourth-order valence-electron chi connectivity index (χ4n) is 1.62. The number of hydrogen-bond donors (Lipinski definition) is 2. The van der Waals surface area contributed by atoms with Gasteiger partial charge in [0.25, 0.3) is 5.91 Å². The first-order chi connectivity index (χ1) is 8.29. The Morgan fingerprint density at radius 1 is 1.63 bits per heavy atom. The number of nitrogens with zero attached hydrogens (tertiary/aromatic N) is 1. The zero-order valence-electron chi connectivity index (χ0n) is 10.7. The molecule has 1 aliphatic heterocycles. The zero-order valence-corrected chi connectivity index (χ0v) is 13.1. The van der Waals surface area contributed by atoms with E-state index in [4.69, 9.17) is 4.74 Å². The molecule has 1 atom stereocenters.